The predicted octanol–water partition coefficient (Wildman–Crippen LogP) is 4.37. The predicted molar refractivity (Wildman–Crippen MR) is 184 cm³/mol. The van der Waals surface area contributed by atoms with E-state index in [2.05, 4.69) is 41.1 Å². The fraction of sp³-hybridized carbons (Fsp3) is 0.667. The average Bonchev–Trinajstić information content (AvgIpc) is 3.64. The van der Waals surface area contributed by atoms with Gasteiger partial charge >= 0.3 is 6.09 Å². The van der Waals surface area contributed by atoms with E-state index < -0.39 is 51.5 Å². The minimum atomic E-state index is -4.30. The van der Waals surface area contributed by atoms with Crippen LogP contribution in [0.15, 0.2) is 41.8 Å². The third-order valence-electron chi connectivity index (χ3n) is 11.7. The van der Waals surface area contributed by atoms with E-state index in [0.717, 1.165) is 57.8 Å². The fourth-order valence-corrected chi connectivity index (χ4v) is 9.56. The van der Waals surface area contributed by atoms with Crippen LogP contribution in [0.3, 0.4) is 0 Å². The van der Waals surface area contributed by atoms with Gasteiger partial charge in [-0.2, -0.15) is 0 Å². The molecule has 6 rings (SSSR count). The van der Waals surface area contributed by atoms with Gasteiger partial charge in [0, 0.05) is 19.0 Å². The summed E-state index contributed by atoms with van der Waals surface area (Å²) < 4.78 is 35.1. The zero-order chi connectivity index (χ0) is 35.0. The van der Waals surface area contributed by atoms with E-state index >= 15 is 0 Å². The Balaban J connectivity index is 1.29. The Kier molecular flexibility index (Phi) is 9.78. The molecule has 2 spiro atoms. The summed E-state index contributed by atoms with van der Waals surface area (Å²) in [7, 11) is -4.30. The molecule has 13 heteroatoms. The second kappa shape index (κ2) is 13.6. The number of hydrogen-bond donors (Lipinski definition) is 4. The number of rotatable bonds is 3. The molecule has 268 valence electrons. The summed E-state index contributed by atoms with van der Waals surface area (Å²) in [6.07, 6.45) is 10.3. The maximum absolute atomic E-state index is 14.4. The molecule has 0 unspecified atom stereocenters. The molecular formula is C36H51N5O7S. The van der Waals surface area contributed by atoms with Gasteiger partial charge in [0.25, 0.3) is 15.9 Å². The third-order valence-corrected chi connectivity index (χ3v) is 13.1. The zero-order valence-electron chi connectivity index (χ0n) is 28.7. The van der Waals surface area contributed by atoms with Gasteiger partial charge in [0.2, 0.25) is 11.8 Å². The molecule has 49 heavy (non-hydrogen) atoms. The molecule has 2 heterocycles. The van der Waals surface area contributed by atoms with Crippen LogP contribution in [-0.4, -0.2) is 73.9 Å². The topological polar surface area (TPSA) is 163 Å². The highest BCUT2D eigenvalue weighted by Crippen LogP contribution is 2.69. The summed E-state index contributed by atoms with van der Waals surface area (Å²) in [6.45, 7) is 8.95. The quantitative estimate of drug-likeness (QED) is 0.339. The van der Waals surface area contributed by atoms with Crippen LogP contribution in [0.1, 0.15) is 97.3 Å². The second-order valence-electron chi connectivity index (χ2n) is 15.5. The first-order valence-corrected chi connectivity index (χ1v) is 19.4. The highest BCUT2D eigenvalue weighted by Gasteiger charge is 2.68. The lowest BCUT2D eigenvalue weighted by Gasteiger charge is -2.30. The van der Waals surface area contributed by atoms with Crippen molar-refractivity contribution in [2.45, 2.75) is 126 Å². The number of nitrogens with zero attached hydrogens (tertiary/aromatic N) is 1. The molecule has 3 saturated carbocycles. The van der Waals surface area contributed by atoms with Crippen molar-refractivity contribution in [2.24, 2.45) is 16.7 Å². The number of sulfonamides is 1. The van der Waals surface area contributed by atoms with Gasteiger partial charge in [-0.1, -0.05) is 57.7 Å². The highest BCUT2D eigenvalue weighted by atomic mass is 32.2. The Hall–Kier alpha value is -3.61. The van der Waals surface area contributed by atoms with Crippen molar-refractivity contribution in [1.29, 1.82) is 0 Å². The number of hydrogen-bond acceptors (Lipinski definition) is 8. The van der Waals surface area contributed by atoms with Crippen molar-refractivity contribution in [3.8, 4) is 0 Å². The number of ether oxygens (including phenoxy) is 1. The van der Waals surface area contributed by atoms with Gasteiger partial charge < -0.3 is 25.6 Å². The van der Waals surface area contributed by atoms with Gasteiger partial charge in [0.1, 0.15) is 28.6 Å². The fourth-order valence-electron chi connectivity index (χ4n) is 8.34. The number of fused-ring (bicyclic) bond motifs is 2. The molecule has 4 N–H and O–H groups in total. The molecule has 5 aliphatic rings. The minimum Gasteiger partial charge on any atom is -0.446 e. The lowest BCUT2D eigenvalue weighted by molar-refractivity contribution is -0.141. The molecule has 12 nitrogen and oxygen atoms in total. The highest BCUT2D eigenvalue weighted by molar-refractivity contribution is 7.90. The third kappa shape index (κ3) is 7.18. The standard InChI is InChI=1S/C36H51N5O7S/c1-4-24-20-36(24)32(44)40-49(46,47)29-18-12-11-16-26(29)37-19-13-7-5-6-8-17-27(38-33(45)48-25-14-9-10-15-25)31(43)41-23-35(22-34(35,2)3)21-28(41)30(42)39-36/h4,11-12,16,18,24-25,27-28,37H,1,5-10,13-15,17,19-23H2,2-3H3,(H,38,45)(H,39,42)(H,40,44)/t24-,27+,28+,35+,36-/m1/s1. The van der Waals surface area contributed by atoms with Crippen LogP contribution in [0.5, 0.6) is 0 Å². The Morgan fingerprint density at radius 1 is 1.00 bits per heavy atom. The Morgan fingerprint density at radius 3 is 2.37 bits per heavy atom. The van der Waals surface area contributed by atoms with E-state index in [1.807, 2.05) is 0 Å². The summed E-state index contributed by atoms with van der Waals surface area (Å²) in [5.74, 6) is -2.19. The van der Waals surface area contributed by atoms with Gasteiger partial charge in [-0.3, -0.25) is 14.4 Å². The van der Waals surface area contributed by atoms with Crippen LogP contribution < -0.4 is 20.7 Å². The van der Waals surface area contributed by atoms with Gasteiger partial charge in [-0.05, 0) is 80.8 Å². The average molecular weight is 698 g/mol. The number of nitrogens with one attached hydrogen (secondary N) is 4. The first kappa shape index (κ1) is 35.2. The molecule has 2 aliphatic heterocycles. The first-order valence-electron chi connectivity index (χ1n) is 17.9. The van der Waals surface area contributed by atoms with Crippen molar-refractivity contribution in [2.75, 3.05) is 18.4 Å². The second-order valence-corrected chi connectivity index (χ2v) is 17.1. The normalized spacial score (nSPS) is 33.4. The number of carbonyl (C=O) groups excluding carboxylic acids is 4. The van der Waals surface area contributed by atoms with Gasteiger partial charge in [0.05, 0.1) is 5.69 Å². The molecule has 1 aromatic rings. The Morgan fingerprint density at radius 2 is 1.67 bits per heavy atom. The minimum absolute atomic E-state index is 0.0505. The van der Waals surface area contributed by atoms with Crippen molar-refractivity contribution in [3.05, 3.63) is 36.9 Å². The molecular weight excluding hydrogens is 646 g/mol. The van der Waals surface area contributed by atoms with E-state index in [9.17, 15) is 27.6 Å². The van der Waals surface area contributed by atoms with E-state index in [4.69, 9.17) is 4.74 Å². The maximum atomic E-state index is 14.4. The Labute approximate surface area is 289 Å². The Bertz CT molecular complexity index is 1590. The molecule has 3 aliphatic carbocycles. The number of alkyl carbamates (subject to hydrolysis) is 1. The summed E-state index contributed by atoms with van der Waals surface area (Å²) in [4.78, 5) is 57.0. The number of amides is 4. The van der Waals surface area contributed by atoms with E-state index in [0.29, 0.717) is 38.0 Å². The molecule has 0 aromatic heterocycles. The monoisotopic (exact) mass is 697 g/mol. The van der Waals surface area contributed by atoms with Crippen molar-refractivity contribution in [1.82, 2.24) is 20.3 Å². The zero-order valence-corrected chi connectivity index (χ0v) is 29.5. The van der Waals surface area contributed by atoms with Crippen LogP contribution in [0.4, 0.5) is 10.5 Å². The number of anilines is 1. The van der Waals surface area contributed by atoms with Gasteiger partial charge in [-0.15, -0.1) is 6.58 Å². The van der Waals surface area contributed by atoms with Crippen LogP contribution in [0, 0.1) is 16.7 Å². The molecule has 1 saturated heterocycles. The van der Waals surface area contributed by atoms with Crippen molar-refractivity contribution < 1.29 is 32.3 Å². The SMILES string of the molecule is C=C[C@@H]1C[C@@]12NC(=O)[C@@H]1C[C@@]3(CN1C(=O)[C@@H](NC(=O)OC1CCCC1)CCCCCCCNc1ccccc1S(=O)(=O)NC2=O)CC3(C)C. The van der Waals surface area contributed by atoms with Crippen LogP contribution in [-0.2, 0) is 29.1 Å². The molecule has 0 bridgehead atoms. The lowest BCUT2D eigenvalue weighted by atomic mass is 9.93. The number of para-hydroxylation sites is 1. The van der Waals surface area contributed by atoms with Crippen molar-refractivity contribution in [3.63, 3.8) is 0 Å². The molecule has 4 fully saturated rings. The largest absolute Gasteiger partial charge is 0.446 e. The van der Waals surface area contributed by atoms with Crippen LogP contribution in [0.2, 0.25) is 0 Å². The smallest absolute Gasteiger partial charge is 0.408 e. The van der Waals surface area contributed by atoms with Gasteiger partial charge in [-0.25, -0.2) is 17.9 Å². The van der Waals surface area contributed by atoms with Crippen molar-refractivity contribution >= 4 is 39.5 Å². The maximum Gasteiger partial charge on any atom is 0.408 e. The van der Waals surface area contributed by atoms with E-state index in [-0.39, 0.29) is 34.2 Å². The summed E-state index contributed by atoms with van der Waals surface area (Å²) in [5.41, 5.74) is -1.50. The lowest BCUT2D eigenvalue weighted by Crippen LogP contribution is -2.58. The molecule has 0 radical (unpaired) electrons. The van der Waals surface area contributed by atoms with E-state index in [1.165, 1.54) is 6.07 Å². The summed E-state index contributed by atoms with van der Waals surface area (Å²) in [5, 5.41) is 8.94. The van der Waals surface area contributed by atoms with Crippen LogP contribution >= 0.6 is 0 Å². The van der Waals surface area contributed by atoms with Gasteiger partial charge in [0.15, 0.2) is 0 Å². The number of benzene rings is 1. The number of carbonyl (C=O) groups is 4. The van der Waals surface area contributed by atoms with Crippen LogP contribution in [0.25, 0.3) is 0 Å². The summed E-state index contributed by atoms with van der Waals surface area (Å²) in [6, 6.07) is 4.68. The first-order chi connectivity index (χ1) is 23.3. The molecule has 1 aromatic carbocycles. The molecule has 4 amide bonds. The summed E-state index contributed by atoms with van der Waals surface area (Å²) >= 11 is 0. The van der Waals surface area contributed by atoms with E-state index in [1.54, 1.807) is 29.2 Å². The molecule has 5 atom stereocenters.